The van der Waals surface area contributed by atoms with Gasteiger partial charge in [-0.2, -0.15) is 0 Å². The molecule has 0 aromatic carbocycles. The molecule has 26 heavy (non-hydrogen) atoms. The van der Waals surface area contributed by atoms with Gasteiger partial charge in [-0.3, -0.25) is 0 Å². The molecule has 0 saturated heterocycles. The van der Waals surface area contributed by atoms with Gasteiger partial charge in [-0.05, 0) is 53.4 Å². The predicted molar refractivity (Wildman–Crippen MR) is 109 cm³/mol. The third-order valence-corrected chi connectivity index (χ3v) is 3.35. The number of carbonyl (C=O) groups is 2. The first-order valence-electron chi connectivity index (χ1n) is 9.34. The summed E-state index contributed by atoms with van der Waals surface area (Å²) in [4.78, 5) is 22.2. The maximum absolute atomic E-state index is 11.1. The number of hydrogen-bond acceptors (Lipinski definition) is 4. The first-order valence-corrected chi connectivity index (χ1v) is 9.34. The van der Waals surface area contributed by atoms with E-state index in [-0.39, 0.29) is 11.9 Å². The van der Waals surface area contributed by atoms with Crippen molar-refractivity contribution < 1.29 is 19.1 Å². The summed E-state index contributed by atoms with van der Waals surface area (Å²) in [5, 5.41) is 0. The molecule has 0 spiro atoms. The van der Waals surface area contributed by atoms with Gasteiger partial charge in [-0.1, -0.05) is 50.3 Å². The fourth-order valence-electron chi connectivity index (χ4n) is 1.47. The predicted octanol–water partition coefficient (Wildman–Crippen LogP) is 5.70. The Morgan fingerprint density at radius 3 is 1.31 bits per heavy atom. The molecule has 0 atom stereocenters. The van der Waals surface area contributed by atoms with Crippen LogP contribution in [0.3, 0.4) is 0 Å². The lowest BCUT2D eigenvalue weighted by Crippen LogP contribution is -2.06. The van der Waals surface area contributed by atoms with Crippen molar-refractivity contribution in [3.05, 3.63) is 47.6 Å². The third-order valence-electron chi connectivity index (χ3n) is 3.35. The Kier molecular flexibility index (Phi) is 19.3. The van der Waals surface area contributed by atoms with Gasteiger partial charge in [-0.15, -0.1) is 0 Å². The van der Waals surface area contributed by atoms with E-state index in [2.05, 4.69) is 26.0 Å². The monoisotopic (exact) mass is 364 g/mol. The zero-order valence-electron chi connectivity index (χ0n) is 17.3. The second kappa shape index (κ2) is 19.2. The second-order valence-corrected chi connectivity index (χ2v) is 5.55. The molecular formula is C22H36O4. The Hall–Kier alpha value is -2.10. The molecule has 4 heteroatoms. The number of carbonyl (C=O) groups excluding carboxylic acids is 2. The number of hydrogen-bond donors (Lipinski definition) is 0. The smallest absolute Gasteiger partial charge is 0.333 e. The second-order valence-electron chi connectivity index (χ2n) is 5.55. The lowest BCUT2D eigenvalue weighted by molar-refractivity contribution is -0.139. The van der Waals surface area contributed by atoms with E-state index >= 15 is 0 Å². The highest BCUT2D eigenvalue weighted by Gasteiger charge is 2.02. The molecule has 0 saturated carbocycles. The van der Waals surface area contributed by atoms with Crippen LogP contribution in [0, 0.1) is 0 Å². The Bertz CT molecular complexity index is 450. The Morgan fingerprint density at radius 2 is 1.04 bits per heavy atom. The van der Waals surface area contributed by atoms with Gasteiger partial charge in [0.2, 0.25) is 0 Å². The summed E-state index contributed by atoms with van der Waals surface area (Å²) in [7, 11) is 0. The highest BCUT2D eigenvalue weighted by atomic mass is 16.5. The maximum Gasteiger partial charge on any atom is 0.333 e. The minimum atomic E-state index is -0.215. The van der Waals surface area contributed by atoms with Gasteiger partial charge < -0.3 is 9.47 Å². The van der Waals surface area contributed by atoms with Crippen LogP contribution in [0.15, 0.2) is 47.6 Å². The van der Waals surface area contributed by atoms with E-state index < -0.39 is 0 Å². The van der Waals surface area contributed by atoms with Crippen molar-refractivity contribution in [2.45, 2.75) is 67.2 Å². The Labute approximate surface area is 159 Å². The summed E-state index contributed by atoms with van der Waals surface area (Å²) in [6, 6.07) is 0. The summed E-state index contributed by atoms with van der Waals surface area (Å²) in [6.45, 7) is 12.3. The fourth-order valence-corrected chi connectivity index (χ4v) is 1.47. The molecule has 0 fully saturated rings. The first-order chi connectivity index (χ1) is 12.4. The minimum Gasteiger partial charge on any atom is -0.462 e. The summed E-state index contributed by atoms with van der Waals surface area (Å²) in [5.74, 6) is -0.431. The summed E-state index contributed by atoms with van der Waals surface area (Å²) in [6.07, 6.45) is 15.4. The average molecular weight is 365 g/mol. The van der Waals surface area contributed by atoms with Crippen molar-refractivity contribution in [2.75, 3.05) is 13.2 Å². The van der Waals surface area contributed by atoms with Gasteiger partial charge in [0.15, 0.2) is 0 Å². The Morgan fingerprint density at radius 1 is 0.692 bits per heavy atom. The van der Waals surface area contributed by atoms with E-state index in [1.807, 2.05) is 26.0 Å². The molecule has 0 amide bonds. The van der Waals surface area contributed by atoms with E-state index in [4.69, 9.17) is 9.47 Å². The van der Waals surface area contributed by atoms with Gasteiger partial charge in [0.1, 0.15) is 0 Å². The topological polar surface area (TPSA) is 52.6 Å². The number of rotatable bonds is 10. The van der Waals surface area contributed by atoms with Crippen LogP contribution in [0.4, 0.5) is 0 Å². The van der Waals surface area contributed by atoms with Crippen LogP contribution in [0.5, 0.6) is 0 Å². The van der Waals surface area contributed by atoms with Crippen LogP contribution in [0.2, 0.25) is 0 Å². The number of allylic oxidation sites excluding steroid dienone is 4. The van der Waals surface area contributed by atoms with Crippen molar-refractivity contribution >= 4 is 11.9 Å². The van der Waals surface area contributed by atoms with E-state index in [1.165, 1.54) is 0 Å². The Balaban J connectivity index is 0. The summed E-state index contributed by atoms with van der Waals surface area (Å²) >= 11 is 0. The van der Waals surface area contributed by atoms with Crippen molar-refractivity contribution in [3.63, 3.8) is 0 Å². The molecule has 148 valence electrons. The molecule has 0 heterocycles. The van der Waals surface area contributed by atoms with Crippen LogP contribution in [-0.2, 0) is 19.1 Å². The van der Waals surface area contributed by atoms with Crippen molar-refractivity contribution in [1.82, 2.24) is 0 Å². The molecule has 0 aromatic heterocycles. The number of ether oxygens (including phenoxy) is 2. The molecule has 0 aromatic rings. The van der Waals surface area contributed by atoms with Gasteiger partial charge in [0, 0.05) is 11.1 Å². The van der Waals surface area contributed by atoms with Crippen LogP contribution < -0.4 is 0 Å². The van der Waals surface area contributed by atoms with Crippen LogP contribution in [0.25, 0.3) is 0 Å². The SMILES string of the molecule is C/C=C(/C)C(=O)OCC/C=C\CC.C/C=C(\C)C(=O)OCCC=CCC. The quantitative estimate of drug-likeness (QED) is 0.216. The minimum absolute atomic E-state index is 0.215. The summed E-state index contributed by atoms with van der Waals surface area (Å²) in [5.41, 5.74) is 1.33. The van der Waals surface area contributed by atoms with Gasteiger partial charge in [-0.25, -0.2) is 9.59 Å². The molecule has 0 aliphatic heterocycles. The zero-order chi connectivity index (χ0) is 20.2. The lowest BCUT2D eigenvalue weighted by Gasteiger charge is -2.01. The van der Waals surface area contributed by atoms with Crippen LogP contribution >= 0.6 is 0 Å². The fraction of sp³-hybridized carbons (Fsp3) is 0.545. The number of esters is 2. The first kappa shape index (κ1) is 26.1. The van der Waals surface area contributed by atoms with Crippen molar-refractivity contribution in [2.24, 2.45) is 0 Å². The molecule has 0 bridgehead atoms. The molecule has 0 aliphatic carbocycles. The third kappa shape index (κ3) is 16.7. The zero-order valence-corrected chi connectivity index (χ0v) is 17.3. The highest BCUT2D eigenvalue weighted by Crippen LogP contribution is 1.98. The molecule has 0 rings (SSSR count). The standard InChI is InChI=1S/2C11H18O2/c2*1-4-6-7-8-9-13-11(12)10(3)5-2/h2*5-7H,4,8-9H2,1-3H3/b7-6?,10-5+;7-6-,10-5-. The molecule has 0 aliphatic rings. The van der Waals surface area contributed by atoms with Gasteiger partial charge in [0.05, 0.1) is 13.2 Å². The van der Waals surface area contributed by atoms with Crippen molar-refractivity contribution in [1.29, 1.82) is 0 Å². The largest absolute Gasteiger partial charge is 0.462 e. The average Bonchev–Trinajstić information content (AvgIpc) is 2.66. The summed E-state index contributed by atoms with van der Waals surface area (Å²) < 4.78 is 9.97. The highest BCUT2D eigenvalue weighted by molar-refractivity contribution is 5.87. The molecule has 0 N–H and O–H groups in total. The van der Waals surface area contributed by atoms with E-state index in [0.717, 1.165) is 25.7 Å². The molecule has 4 nitrogen and oxygen atoms in total. The molecular weight excluding hydrogens is 328 g/mol. The van der Waals surface area contributed by atoms with Crippen molar-refractivity contribution in [3.8, 4) is 0 Å². The van der Waals surface area contributed by atoms with Crippen LogP contribution in [0.1, 0.15) is 67.2 Å². The van der Waals surface area contributed by atoms with E-state index in [1.54, 1.807) is 26.0 Å². The van der Waals surface area contributed by atoms with Gasteiger partial charge >= 0.3 is 11.9 Å². The lowest BCUT2D eigenvalue weighted by atomic mass is 10.3. The molecule has 0 radical (unpaired) electrons. The van der Waals surface area contributed by atoms with E-state index in [9.17, 15) is 9.59 Å². The van der Waals surface area contributed by atoms with E-state index in [0.29, 0.717) is 24.4 Å². The molecule has 0 unspecified atom stereocenters. The maximum atomic E-state index is 11.1. The normalized spacial score (nSPS) is 12.1. The van der Waals surface area contributed by atoms with Gasteiger partial charge in [0.25, 0.3) is 0 Å². The van der Waals surface area contributed by atoms with Crippen LogP contribution in [-0.4, -0.2) is 25.2 Å².